The number of benzene rings is 4. The molecule has 1 heterocycles. The van der Waals surface area contributed by atoms with Gasteiger partial charge in [-0.3, -0.25) is 0 Å². The SMILES string of the molecule is Cc1ccc2c(c1)c1ccc(-c3ccc4c(C)ccc(C)c4c3)cc1n2C. The second-order valence-electron chi connectivity index (χ2n) is 7.77. The van der Waals surface area contributed by atoms with Crippen molar-refractivity contribution in [3.05, 3.63) is 83.4 Å². The van der Waals surface area contributed by atoms with Crippen LogP contribution in [0.4, 0.5) is 0 Å². The molecule has 0 radical (unpaired) electrons. The topological polar surface area (TPSA) is 4.93 Å². The maximum atomic E-state index is 2.34. The summed E-state index contributed by atoms with van der Waals surface area (Å²) in [5.41, 5.74) is 9.10. The zero-order valence-corrected chi connectivity index (χ0v) is 16.3. The smallest absolute Gasteiger partial charge is 0.0494 e. The van der Waals surface area contributed by atoms with Crippen LogP contribution < -0.4 is 0 Å². The summed E-state index contributed by atoms with van der Waals surface area (Å²) in [6.45, 7) is 6.54. The van der Waals surface area contributed by atoms with Crippen molar-refractivity contribution in [1.29, 1.82) is 0 Å². The van der Waals surface area contributed by atoms with Crippen molar-refractivity contribution >= 4 is 32.6 Å². The van der Waals surface area contributed by atoms with Crippen LogP contribution in [0.25, 0.3) is 43.7 Å². The van der Waals surface area contributed by atoms with Crippen molar-refractivity contribution in [1.82, 2.24) is 4.57 Å². The van der Waals surface area contributed by atoms with Crippen molar-refractivity contribution < 1.29 is 0 Å². The Morgan fingerprint density at radius 2 is 1.19 bits per heavy atom. The summed E-state index contributed by atoms with van der Waals surface area (Å²) in [5.74, 6) is 0. The van der Waals surface area contributed by atoms with E-state index in [4.69, 9.17) is 0 Å². The number of hydrogen-bond donors (Lipinski definition) is 0. The fourth-order valence-electron chi connectivity index (χ4n) is 4.33. The molecule has 0 bridgehead atoms. The Labute approximate surface area is 159 Å². The van der Waals surface area contributed by atoms with Gasteiger partial charge in [0.2, 0.25) is 0 Å². The summed E-state index contributed by atoms with van der Waals surface area (Å²) in [7, 11) is 2.16. The minimum absolute atomic E-state index is 1.27. The number of rotatable bonds is 1. The zero-order valence-electron chi connectivity index (χ0n) is 16.3. The van der Waals surface area contributed by atoms with Crippen LogP contribution in [0.1, 0.15) is 16.7 Å². The van der Waals surface area contributed by atoms with Crippen LogP contribution in [0.15, 0.2) is 66.7 Å². The lowest BCUT2D eigenvalue weighted by atomic mass is 9.96. The van der Waals surface area contributed by atoms with Crippen LogP contribution in [-0.2, 0) is 7.05 Å². The molecule has 132 valence electrons. The van der Waals surface area contributed by atoms with Crippen molar-refractivity contribution in [3.8, 4) is 11.1 Å². The summed E-state index contributed by atoms with van der Waals surface area (Å²) < 4.78 is 2.31. The Balaban J connectivity index is 1.76. The van der Waals surface area contributed by atoms with Crippen molar-refractivity contribution in [2.75, 3.05) is 0 Å². The number of hydrogen-bond acceptors (Lipinski definition) is 0. The van der Waals surface area contributed by atoms with E-state index in [2.05, 4.69) is 99.1 Å². The second kappa shape index (κ2) is 5.72. The number of aromatic nitrogens is 1. The van der Waals surface area contributed by atoms with Gasteiger partial charge < -0.3 is 4.57 Å². The minimum atomic E-state index is 1.27. The highest BCUT2D eigenvalue weighted by molar-refractivity contribution is 6.09. The van der Waals surface area contributed by atoms with E-state index in [1.165, 1.54) is 60.4 Å². The molecule has 0 unspecified atom stereocenters. The van der Waals surface area contributed by atoms with Crippen LogP contribution in [0, 0.1) is 20.8 Å². The van der Waals surface area contributed by atoms with Crippen LogP contribution >= 0.6 is 0 Å². The van der Waals surface area contributed by atoms with Crippen molar-refractivity contribution in [3.63, 3.8) is 0 Å². The maximum Gasteiger partial charge on any atom is 0.0494 e. The highest BCUT2D eigenvalue weighted by Gasteiger charge is 2.10. The molecule has 0 spiro atoms. The van der Waals surface area contributed by atoms with Crippen LogP contribution in [0.2, 0.25) is 0 Å². The molecule has 1 heteroatoms. The van der Waals surface area contributed by atoms with E-state index in [9.17, 15) is 0 Å². The Morgan fingerprint density at radius 3 is 1.96 bits per heavy atom. The first-order valence-corrected chi connectivity index (χ1v) is 9.52. The minimum Gasteiger partial charge on any atom is -0.344 e. The van der Waals surface area contributed by atoms with Gasteiger partial charge in [0.1, 0.15) is 0 Å². The second-order valence-corrected chi connectivity index (χ2v) is 7.77. The van der Waals surface area contributed by atoms with E-state index in [0.29, 0.717) is 0 Å². The van der Waals surface area contributed by atoms with Gasteiger partial charge in [0.15, 0.2) is 0 Å². The third-order valence-corrected chi connectivity index (χ3v) is 5.95. The third kappa shape index (κ3) is 2.39. The van der Waals surface area contributed by atoms with Gasteiger partial charge in [0.05, 0.1) is 0 Å². The van der Waals surface area contributed by atoms with Gasteiger partial charge in [-0.15, -0.1) is 0 Å². The molecule has 0 amide bonds. The molecule has 0 aliphatic heterocycles. The standard InChI is InChI=1S/C26H23N/c1-16-5-12-25-24(13-16)22-11-9-20(15-26(22)27(25)4)19-8-10-21-17(2)6-7-18(3)23(21)14-19/h5-15H,1-4H3. The summed E-state index contributed by atoms with van der Waals surface area (Å²) in [6, 6.07) is 24.9. The molecule has 0 fully saturated rings. The molecule has 1 aromatic heterocycles. The van der Waals surface area contributed by atoms with E-state index in [-0.39, 0.29) is 0 Å². The molecule has 5 rings (SSSR count). The summed E-state index contributed by atoms with van der Waals surface area (Å²) in [5, 5.41) is 5.36. The lowest BCUT2D eigenvalue weighted by Crippen LogP contribution is -1.88. The average Bonchev–Trinajstić information content (AvgIpc) is 2.96. The van der Waals surface area contributed by atoms with Gasteiger partial charge in [-0.25, -0.2) is 0 Å². The molecule has 0 N–H and O–H groups in total. The molecule has 0 aliphatic carbocycles. The van der Waals surface area contributed by atoms with E-state index < -0.39 is 0 Å². The zero-order chi connectivity index (χ0) is 18.7. The molecule has 5 aromatic rings. The van der Waals surface area contributed by atoms with Crippen LogP contribution in [0.5, 0.6) is 0 Å². The molecule has 4 aromatic carbocycles. The van der Waals surface area contributed by atoms with Gasteiger partial charge in [-0.2, -0.15) is 0 Å². The van der Waals surface area contributed by atoms with E-state index >= 15 is 0 Å². The van der Waals surface area contributed by atoms with Crippen LogP contribution in [0.3, 0.4) is 0 Å². The maximum absolute atomic E-state index is 2.34. The quantitative estimate of drug-likeness (QED) is 0.305. The molecular formula is C26H23N. The fourth-order valence-corrected chi connectivity index (χ4v) is 4.33. The normalized spacial score (nSPS) is 11.7. The average molecular weight is 349 g/mol. The first-order chi connectivity index (χ1) is 13.0. The Hall–Kier alpha value is -3.06. The molecule has 0 saturated carbocycles. The van der Waals surface area contributed by atoms with Crippen molar-refractivity contribution in [2.24, 2.45) is 7.05 Å². The first kappa shape index (κ1) is 16.1. The summed E-state index contributed by atoms with van der Waals surface area (Å²) in [4.78, 5) is 0. The van der Waals surface area contributed by atoms with Gasteiger partial charge in [0.25, 0.3) is 0 Å². The highest BCUT2D eigenvalue weighted by Crippen LogP contribution is 2.34. The predicted octanol–water partition coefficient (Wildman–Crippen LogP) is 7.08. The van der Waals surface area contributed by atoms with Gasteiger partial charge >= 0.3 is 0 Å². The van der Waals surface area contributed by atoms with E-state index in [0.717, 1.165) is 0 Å². The lowest BCUT2D eigenvalue weighted by Gasteiger charge is -2.09. The molecule has 0 saturated heterocycles. The third-order valence-electron chi connectivity index (χ3n) is 5.95. The predicted molar refractivity (Wildman–Crippen MR) is 118 cm³/mol. The Bertz CT molecular complexity index is 1350. The Morgan fingerprint density at radius 1 is 0.519 bits per heavy atom. The fraction of sp³-hybridized carbons (Fsp3) is 0.154. The monoisotopic (exact) mass is 349 g/mol. The van der Waals surface area contributed by atoms with Gasteiger partial charge in [-0.05, 0) is 78.1 Å². The molecule has 27 heavy (non-hydrogen) atoms. The Kier molecular flexibility index (Phi) is 3.42. The lowest BCUT2D eigenvalue weighted by molar-refractivity contribution is 1.01. The molecule has 0 aliphatic rings. The van der Waals surface area contributed by atoms with Gasteiger partial charge in [0, 0.05) is 28.9 Å². The molecule has 0 atom stereocenters. The highest BCUT2D eigenvalue weighted by atomic mass is 14.9. The van der Waals surface area contributed by atoms with Crippen molar-refractivity contribution in [2.45, 2.75) is 20.8 Å². The van der Waals surface area contributed by atoms with E-state index in [1.54, 1.807) is 0 Å². The van der Waals surface area contributed by atoms with Crippen LogP contribution in [-0.4, -0.2) is 4.57 Å². The number of nitrogens with zero attached hydrogens (tertiary/aromatic N) is 1. The first-order valence-electron chi connectivity index (χ1n) is 9.52. The number of fused-ring (bicyclic) bond motifs is 4. The molecular weight excluding hydrogens is 326 g/mol. The largest absolute Gasteiger partial charge is 0.344 e. The molecule has 1 nitrogen and oxygen atoms in total. The van der Waals surface area contributed by atoms with Gasteiger partial charge in [-0.1, -0.05) is 48.0 Å². The number of aryl methyl sites for hydroxylation is 4. The summed E-state index contributed by atoms with van der Waals surface area (Å²) in [6.07, 6.45) is 0. The summed E-state index contributed by atoms with van der Waals surface area (Å²) >= 11 is 0. The van der Waals surface area contributed by atoms with E-state index in [1.807, 2.05) is 0 Å².